The van der Waals surface area contributed by atoms with E-state index in [0.717, 1.165) is 92.6 Å². The van der Waals surface area contributed by atoms with Gasteiger partial charge in [0.1, 0.15) is 0 Å². The van der Waals surface area contributed by atoms with Crippen LogP contribution in [0.2, 0.25) is 0 Å². The lowest BCUT2D eigenvalue weighted by atomic mass is 9.99. The van der Waals surface area contributed by atoms with Gasteiger partial charge < -0.3 is 14.8 Å². The van der Waals surface area contributed by atoms with E-state index in [9.17, 15) is 52.7 Å². The van der Waals surface area contributed by atoms with E-state index in [2.05, 4.69) is 4.98 Å². The first-order chi connectivity index (χ1) is 31.7. The standard InChI is InChI=1S/C52H31F12N3/c53-49(54,55)35-7-19-41(20-8-35)66(42-21-9-36(10-22-42)50(56,57)58)39-15-1-31(2-16-39)33-5-27-47-45(29-33)46-30-34(6-28-48(46)65-47)32-3-17-40(18-4-32)67(43-23-11-37(12-24-43)51(59,60)61)44-25-13-38(14-26-44)52(62,63)64/h1-30,65H. The van der Waals surface area contributed by atoms with Crippen molar-refractivity contribution in [3.05, 3.63) is 204 Å². The van der Waals surface area contributed by atoms with Gasteiger partial charge in [-0.1, -0.05) is 36.4 Å². The Balaban J connectivity index is 1.03. The van der Waals surface area contributed by atoms with Crippen molar-refractivity contribution in [2.24, 2.45) is 0 Å². The number of nitrogens with zero attached hydrogens (tertiary/aromatic N) is 2. The van der Waals surface area contributed by atoms with E-state index in [1.165, 1.54) is 48.5 Å². The minimum absolute atomic E-state index is 0.293. The smallest absolute Gasteiger partial charge is 0.355 e. The lowest BCUT2D eigenvalue weighted by Crippen LogP contribution is -2.12. The van der Waals surface area contributed by atoms with Crippen molar-refractivity contribution in [1.29, 1.82) is 0 Å². The first-order valence-electron chi connectivity index (χ1n) is 20.3. The van der Waals surface area contributed by atoms with Gasteiger partial charge in [0.25, 0.3) is 0 Å². The molecule has 0 saturated heterocycles. The van der Waals surface area contributed by atoms with Crippen molar-refractivity contribution in [2.45, 2.75) is 24.7 Å². The molecule has 3 nitrogen and oxygen atoms in total. The summed E-state index contributed by atoms with van der Waals surface area (Å²) in [6.07, 6.45) is -18.4. The Morgan fingerprint density at radius 2 is 0.463 bits per heavy atom. The fourth-order valence-electron chi connectivity index (χ4n) is 7.95. The van der Waals surface area contributed by atoms with Crippen LogP contribution < -0.4 is 9.80 Å². The highest BCUT2D eigenvalue weighted by Crippen LogP contribution is 2.42. The van der Waals surface area contributed by atoms with Crippen LogP contribution >= 0.6 is 0 Å². The lowest BCUT2D eigenvalue weighted by molar-refractivity contribution is -0.138. The molecule has 1 aromatic heterocycles. The number of nitrogens with one attached hydrogen (secondary N) is 1. The molecule has 0 bridgehead atoms. The van der Waals surface area contributed by atoms with E-state index in [1.54, 1.807) is 58.3 Å². The maximum Gasteiger partial charge on any atom is 0.416 e. The highest BCUT2D eigenvalue weighted by molar-refractivity contribution is 6.09. The first kappa shape index (κ1) is 44.5. The van der Waals surface area contributed by atoms with Gasteiger partial charge in [0.05, 0.1) is 22.3 Å². The van der Waals surface area contributed by atoms with Gasteiger partial charge in [0, 0.05) is 55.9 Å². The number of H-pyrrole nitrogens is 1. The molecule has 15 heteroatoms. The van der Waals surface area contributed by atoms with Crippen LogP contribution in [0.1, 0.15) is 22.3 Å². The summed E-state index contributed by atoms with van der Waals surface area (Å²) in [4.78, 5) is 6.53. The van der Waals surface area contributed by atoms with Crippen LogP contribution in [0.3, 0.4) is 0 Å². The molecule has 1 heterocycles. The predicted molar refractivity (Wildman–Crippen MR) is 236 cm³/mol. The van der Waals surface area contributed by atoms with Crippen molar-refractivity contribution < 1.29 is 52.7 Å². The minimum atomic E-state index is -4.59. The van der Waals surface area contributed by atoms with E-state index in [4.69, 9.17) is 0 Å². The average Bonchev–Trinajstić information content (AvgIpc) is 3.67. The molecule has 8 aromatic carbocycles. The van der Waals surface area contributed by atoms with Gasteiger partial charge >= 0.3 is 24.7 Å². The molecular formula is C52H31F12N3. The highest BCUT2D eigenvalue weighted by Gasteiger charge is 2.33. The maximum atomic E-state index is 13.4. The first-order valence-corrected chi connectivity index (χ1v) is 20.3. The molecule has 0 amide bonds. The van der Waals surface area contributed by atoms with Crippen LogP contribution in [-0.4, -0.2) is 4.98 Å². The summed E-state index contributed by atoms with van der Waals surface area (Å²) in [5.41, 5.74) is 3.48. The second kappa shape index (κ2) is 16.6. The fraction of sp³-hybridized carbons (Fsp3) is 0.0769. The Bertz CT molecular complexity index is 2850. The van der Waals surface area contributed by atoms with E-state index in [1.807, 2.05) is 36.4 Å². The largest absolute Gasteiger partial charge is 0.416 e. The minimum Gasteiger partial charge on any atom is -0.355 e. The topological polar surface area (TPSA) is 22.3 Å². The third-order valence-corrected chi connectivity index (χ3v) is 11.3. The Hall–Kier alpha value is -7.68. The number of fused-ring (bicyclic) bond motifs is 3. The molecule has 0 aliphatic rings. The molecule has 9 rings (SSSR count). The van der Waals surface area contributed by atoms with Crippen molar-refractivity contribution >= 4 is 55.9 Å². The Labute approximate surface area is 373 Å². The molecule has 0 aliphatic heterocycles. The fourth-order valence-corrected chi connectivity index (χ4v) is 7.95. The second-order valence-electron chi connectivity index (χ2n) is 15.6. The van der Waals surface area contributed by atoms with Crippen LogP contribution in [0, 0.1) is 0 Å². The number of halogens is 12. The van der Waals surface area contributed by atoms with Crippen molar-refractivity contribution in [3.63, 3.8) is 0 Å². The van der Waals surface area contributed by atoms with E-state index < -0.39 is 47.0 Å². The molecular weight excluding hydrogens is 895 g/mol. The highest BCUT2D eigenvalue weighted by atomic mass is 19.4. The zero-order valence-corrected chi connectivity index (χ0v) is 34.3. The summed E-state index contributed by atoms with van der Waals surface area (Å²) in [5, 5.41) is 1.75. The maximum absolute atomic E-state index is 13.4. The van der Waals surface area contributed by atoms with Crippen LogP contribution in [0.4, 0.5) is 86.8 Å². The SMILES string of the molecule is FC(F)(F)c1ccc(N(c2ccc(-c3ccc4[nH]c5ccc(-c6ccc(N(c7ccc(C(F)(F)F)cc7)c7ccc(C(F)(F)F)cc7)cc6)cc5c4c3)cc2)c2ccc(C(F)(F)F)cc2)cc1. The van der Waals surface area contributed by atoms with Crippen LogP contribution in [0.25, 0.3) is 44.1 Å². The number of hydrogen-bond donors (Lipinski definition) is 1. The van der Waals surface area contributed by atoms with Gasteiger partial charge in [0.2, 0.25) is 0 Å². The molecule has 67 heavy (non-hydrogen) atoms. The number of aromatic nitrogens is 1. The monoisotopic (exact) mass is 925 g/mol. The van der Waals surface area contributed by atoms with Crippen molar-refractivity contribution in [1.82, 2.24) is 4.98 Å². The molecule has 0 spiro atoms. The molecule has 0 saturated carbocycles. The summed E-state index contributed by atoms with van der Waals surface area (Å²) < 4.78 is 161. The summed E-state index contributed by atoms with van der Waals surface area (Å²) in [5.74, 6) is 0. The van der Waals surface area contributed by atoms with Gasteiger partial charge in [-0.3, -0.25) is 0 Å². The molecule has 0 unspecified atom stereocenters. The number of benzene rings is 8. The third-order valence-electron chi connectivity index (χ3n) is 11.3. The normalized spacial score (nSPS) is 12.5. The zero-order chi connectivity index (χ0) is 47.5. The van der Waals surface area contributed by atoms with Gasteiger partial charge in [-0.25, -0.2) is 0 Å². The van der Waals surface area contributed by atoms with Crippen LogP contribution in [-0.2, 0) is 24.7 Å². The number of alkyl halides is 12. The second-order valence-corrected chi connectivity index (χ2v) is 15.6. The van der Waals surface area contributed by atoms with Crippen molar-refractivity contribution in [3.8, 4) is 22.3 Å². The average molecular weight is 926 g/mol. The van der Waals surface area contributed by atoms with E-state index >= 15 is 0 Å². The molecule has 0 atom stereocenters. The third kappa shape index (κ3) is 9.13. The number of rotatable bonds is 8. The van der Waals surface area contributed by atoms with Gasteiger partial charge in [0.15, 0.2) is 0 Å². The van der Waals surface area contributed by atoms with E-state index in [-0.39, 0.29) is 0 Å². The molecule has 1 N–H and O–H groups in total. The molecule has 0 fully saturated rings. The van der Waals surface area contributed by atoms with Crippen molar-refractivity contribution in [2.75, 3.05) is 9.80 Å². The Kier molecular flexibility index (Phi) is 11.1. The Morgan fingerprint density at radius 3 is 0.687 bits per heavy atom. The molecule has 9 aromatic rings. The van der Waals surface area contributed by atoms with Gasteiger partial charge in [-0.2, -0.15) is 52.7 Å². The summed E-state index contributed by atoms with van der Waals surface area (Å²) >= 11 is 0. The summed E-state index contributed by atoms with van der Waals surface area (Å²) in [7, 11) is 0. The number of anilines is 6. The summed E-state index contributed by atoms with van der Waals surface area (Å²) in [6, 6.07) is 43.0. The zero-order valence-electron chi connectivity index (χ0n) is 34.3. The Morgan fingerprint density at radius 1 is 0.254 bits per heavy atom. The summed E-state index contributed by atoms with van der Waals surface area (Å²) in [6.45, 7) is 0. The molecule has 0 aliphatic carbocycles. The van der Waals surface area contributed by atoms with Gasteiger partial charge in [-0.05, 0) is 168 Å². The number of hydrogen-bond acceptors (Lipinski definition) is 2. The quantitative estimate of drug-likeness (QED) is 0.153. The van der Waals surface area contributed by atoms with Crippen LogP contribution in [0.15, 0.2) is 182 Å². The molecule has 0 radical (unpaired) electrons. The molecule has 338 valence electrons. The van der Waals surface area contributed by atoms with Crippen LogP contribution in [0.5, 0.6) is 0 Å². The predicted octanol–water partition coefficient (Wildman–Crippen LogP) is 17.7. The van der Waals surface area contributed by atoms with Gasteiger partial charge in [-0.15, -0.1) is 0 Å². The number of aromatic amines is 1. The van der Waals surface area contributed by atoms with E-state index in [0.29, 0.717) is 34.1 Å². The lowest BCUT2D eigenvalue weighted by Gasteiger charge is -2.26.